The predicted octanol–water partition coefficient (Wildman–Crippen LogP) is 0.0112. The Morgan fingerprint density at radius 3 is 2.69 bits per heavy atom. The molecule has 16 heavy (non-hydrogen) atoms. The fourth-order valence-corrected chi connectivity index (χ4v) is 1.20. The summed E-state index contributed by atoms with van der Waals surface area (Å²) in [5.41, 5.74) is 0. The molecule has 0 saturated carbocycles. The second kappa shape index (κ2) is 10.9. The van der Waals surface area contributed by atoms with E-state index in [1.165, 1.54) is 0 Å². The molecule has 0 spiro atoms. The molecular formula is C11H24N2O3. The van der Waals surface area contributed by atoms with E-state index < -0.39 is 0 Å². The minimum absolute atomic E-state index is 0.0133. The van der Waals surface area contributed by atoms with Gasteiger partial charge in [-0.3, -0.25) is 4.79 Å². The summed E-state index contributed by atoms with van der Waals surface area (Å²) < 4.78 is 10.1. The molecule has 5 nitrogen and oxygen atoms in total. The molecule has 0 bridgehead atoms. The molecule has 0 rings (SSSR count). The van der Waals surface area contributed by atoms with Gasteiger partial charge in [0.1, 0.15) is 0 Å². The average molecular weight is 232 g/mol. The maximum absolute atomic E-state index is 11.5. The van der Waals surface area contributed by atoms with Crippen molar-refractivity contribution < 1.29 is 14.3 Å². The highest BCUT2D eigenvalue weighted by Gasteiger charge is 2.10. The van der Waals surface area contributed by atoms with Gasteiger partial charge in [-0.05, 0) is 13.5 Å². The molecule has 1 unspecified atom stereocenters. The van der Waals surface area contributed by atoms with Gasteiger partial charge in [-0.2, -0.15) is 0 Å². The molecule has 0 aliphatic rings. The van der Waals surface area contributed by atoms with E-state index in [1.54, 1.807) is 7.11 Å². The number of carbonyl (C=O) groups is 1. The van der Waals surface area contributed by atoms with Crippen LogP contribution in [0.3, 0.4) is 0 Å². The molecule has 1 atom stereocenters. The molecule has 0 aromatic carbocycles. The summed E-state index contributed by atoms with van der Waals surface area (Å²) in [5.74, 6) is 0.102. The standard InChI is InChI=1S/C11H24N2O3/c1-10(9-12-2)11(14)13-5-4-6-16-8-7-15-3/h10,12H,4-9H2,1-3H3,(H,13,14). The quantitative estimate of drug-likeness (QED) is 0.521. The van der Waals surface area contributed by atoms with Gasteiger partial charge in [0.05, 0.1) is 13.2 Å². The number of hydrogen-bond acceptors (Lipinski definition) is 4. The van der Waals surface area contributed by atoms with E-state index in [0.29, 0.717) is 32.9 Å². The largest absolute Gasteiger partial charge is 0.382 e. The van der Waals surface area contributed by atoms with Crippen LogP contribution in [0.1, 0.15) is 13.3 Å². The molecule has 0 aliphatic carbocycles. The molecule has 0 fully saturated rings. The van der Waals surface area contributed by atoms with Gasteiger partial charge in [0.15, 0.2) is 0 Å². The molecule has 0 saturated heterocycles. The number of carbonyl (C=O) groups excluding carboxylic acids is 1. The van der Waals surface area contributed by atoms with Crippen LogP contribution in [-0.2, 0) is 14.3 Å². The lowest BCUT2D eigenvalue weighted by Crippen LogP contribution is -2.35. The minimum atomic E-state index is 0.0133. The molecule has 0 heterocycles. The monoisotopic (exact) mass is 232 g/mol. The summed E-state index contributed by atoms with van der Waals surface area (Å²) in [4.78, 5) is 11.5. The summed E-state index contributed by atoms with van der Waals surface area (Å²) in [5, 5.41) is 5.84. The maximum atomic E-state index is 11.5. The molecule has 2 N–H and O–H groups in total. The third-order valence-corrected chi connectivity index (χ3v) is 2.15. The van der Waals surface area contributed by atoms with Crippen molar-refractivity contribution in [2.75, 3.05) is 47.1 Å². The Morgan fingerprint density at radius 1 is 1.31 bits per heavy atom. The van der Waals surface area contributed by atoms with Crippen molar-refractivity contribution in [3.8, 4) is 0 Å². The van der Waals surface area contributed by atoms with Gasteiger partial charge in [0, 0.05) is 32.7 Å². The van der Waals surface area contributed by atoms with E-state index in [4.69, 9.17) is 9.47 Å². The number of ether oxygens (including phenoxy) is 2. The minimum Gasteiger partial charge on any atom is -0.382 e. The van der Waals surface area contributed by atoms with E-state index >= 15 is 0 Å². The Balaban J connectivity index is 3.27. The summed E-state index contributed by atoms with van der Waals surface area (Å²) in [6.45, 7) is 5.16. The fraction of sp³-hybridized carbons (Fsp3) is 0.909. The molecule has 96 valence electrons. The van der Waals surface area contributed by atoms with Crippen molar-refractivity contribution in [2.45, 2.75) is 13.3 Å². The Kier molecular flexibility index (Phi) is 10.4. The molecule has 0 aromatic rings. The van der Waals surface area contributed by atoms with Crippen LogP contribution in [0.15, 0.2) is 0 Å². The van der Waals surface area contributed by atoms with Crippen molar-refractivity contribution >= 4 is 5.91 Å². The lowest BCUT2D eigenvalue weighted by molar-refractivity contribution is -0.124. The van der Waals surface area contributed by atoms with Crippen molar-refractivity contribution in [3.63, 3.8) is 0 Å². The highest BCUT2D eigenvalue weighted by molar-refractivity contribution is 5.78. The van der Waals surface area contributed by atoms with Crippen LogP contribution < -0.4 is 10.6 Å². The van der Waals surface area contributed by atoms with E-state index in [2.05, 4.69) is 10.6 Å². The van der Waals surface area contributed by atoms with E-state index in [-0.39, 0.29) is 11.8 Å². The van der Waals surface area contributed by atoms with Crippen molar-refractivity contribution in [2.24, 2.45) is 5.92 Å². The first-order chi connectivity index (χ1) is 7.72. The Bertz CT molecular complexity index is 177. The first-order valence-electron chi connectivity index (χ1n) is 5.71. The molecule has 5 heteroatoms. The third-order valence-electron chi connectivity index (χ3n) is 2.15. The maximum Gasteiger partial charge on any atom is 0.224 e. The summed E-state index contributed by atoms with van der Waals surface area (Å²) in [7, 11) is 3.49. The van der Waals surface area contributed by atoms with Gasteiger partial charge in [0.25, 0.3) is 0 Å². The second-order valence-corrected chi connectivity index (χ2v) is 3.71. The number of hydrogen-bond donors (Lipinski definition) is 2. The lowest BCUT2D eigenvalue weighted by atomic mass is 10.1. The zero-order valence-electron chi connectivity index (χ0n) is 10.5. The molecule has 0 aliphatic heterocycles. The molecular weight excluding hydrogens is 208 g/mol. The number of rotatable bonds is 10. The summed E-state index contributed by atoms with van der Waals surface area (Å²) in [6, 6.07) is 0. The zero-order chi connectivity index (χ0) is 12.2. The predicted molar refractivity (Wildman–Crippen MR) is 63.4 cm³/mol. The highest BCUT2D eigenvalue weighted by atomic mass is 16.5. The van der Waals surface area contributed by atoms with Crippen molar-refractivity contribution in [1.29, 1.82) is 0 Å². The van der Waals surface area contributed by atoms with Crippen molar-refractivity contribution in [3.05, 3.63) is 0 Å². The summed E-state index contributed by atoms with van der Waals surface area (Å²) in [6.07, 6.45) is 0.835. The number of methoxy groups -OCH3 is 1. The third kappa shape index (κ3) is 8.64. The fourth-order valence-electron chi connectivity index (χ4n) is 1.20. The van der Waals surface area contributed by atoms with Crippen LogP contribution in [0.2, 0.25) is 0 Å². The number of amides is 1. The molecule has 0 radical (unpaired) electrons. The van der Waals surface area contributed by atoms with Crippen LogP contribution >= 0.6 is 0 Å². The van der Waals surface area contributed by atoms with Crippen LogP contribution in [0.4, 0.5) is 0 Å². The Hall–Kier alpha value is -0.650. The summed E-state index contributed by atoms with van der Waals surface area (Å²) >= 11 is 0. The van der Waals surface area contributed by atoms with Gasteiger partial charge in [-0.15, -0.1) is 0 Å². The first kappa shape index (κ1) is 15.3. The van der Waals surface area contributed by atoms with Crippen LogP contribution in [-0.4, -0.2) is 53.0 Å². The van der Waals surface area contributed by atoms with E-state index in [1.807, 2.05) is 14.0 Å². The molecule has 1 amide bonds. The van der Waals surface area contributed by atoms with Crippen LogP contribution in [0, 0.1) is 5.92 Å². The lowest BCUT2D eigenvalue weighted by Gasteiger charge is -2.11. The first-order valence-corrected chi connectivity index (χ1v) is 5.71. The average Bonchev–Trinajstić information content (AvgIpc) is 2.28. The zero-order valence-corrected chi connectivity index (χ0v) is 10.5. The van der Waals surface area contributed by atoms with E-state index in [9.17, 15) is 4.79 Å². The Labute approximate surface area is 97.9 Å². The van der Waals surface area contributed by atoms with E-state index in [0.717, 1.165) is 6.42 Å². The van der Waals surface area contributed by atoms with Crippen molar-refractivity contribution in [1.82, 2.24) is 10.6 Å². The van der Waals surface area contributed by atoms with Gasteiger partial charge in [-0.1, -0.05) is 6.92 Å². The molecule has 0 aromatic heterocycles. The number of nitrogens with one attached hydrogen (secondary N) is 2. The topological polar surface area (TPSA) is 59.6 Å². The Morgan fingerprint density at radius 2 is 2.06 bits per heavy atom. The smallest absolute Gasteiger partial charge is 0.224 e. The van der Waals surface area contributed by atoms with Crippen LogP contribution in [0.25, 0.3) is 0 Å². The second-order valence-electron chi connectivity index (χ2n) is 3.71. The van der Waals surface area contributed by atoms with Gasteiger partial charge in [-0.25, -0.2) is 0 Å². The normalized spacial score (nSPS) is 12.4. The van der Waals surface area contributed by atoms with Crippen LogP contribution in [0.5, 0.6) is 0 Å². The highest BCUT2D eigenvalue weighted by Crippen LogP contribution is 1.92. The van der Waals surface area contributed by atoms with Gasteiger partial charge >= 0.3 is 0 Å². The van der Waals surface area contributed by atoms with Gasteiger partial charge in [0.2, 0.25) is 5.91 Å². The SMILES string of the molecule is CNCC(C)C(=O)NCCCOCCOC. The van der Waals surface area contributed by atoms with Gasteiger partial charge < -0.3 is 20.1 Å².